The highest BCUT2D eigenvalue weighted by Gasteiger charge is 2.79. The Balaban J connectivity index is 1.22. The average molecular weight is 508 g/mol. The summed E-state index contributed by atoms with van der Waals surface area (Å²) < 4.78 is 27.5. The van der Waals surface area contributed by atoms with Crippen molar-refractivity contribution in [3.8, 4) is 5.75 Å². The van der Waals surface area contributed by atoms with Crippen molar-refractivity contribution < 1.29 is 59.1 Å². The molecular weight excluding hydrogens is 480 g/mol. The lowest BCUT2D eigenvalue weighted by molar-refractivity contribution is -0.350. The van der Waals surface area contributed by atoms with Gasteiger partial charge >= 0.3 is 5.97 Å². The first-order chi connectivity index (χ1) is 17.0. The second-order valence-electron chi connectivity index (χ2n) is 9.55. The number of aliphatic hydroxyl groups is 5. The molecule has 1 aliphatic carbocycles. The monoisotopic (exact) mass is 508 g/mol. The quantitative estimate of drug-likeness (QED) is 0.149. The maximum Gasteiger partial charge on any atom is 0.330 e. The minimum Gasteiger partial charge on any atom is -0.508 e. The molecule has 5 rings (SSSR count). The Hall–Kier alpha value is -2.55. The fraction of sp³-hybridized carbons (Fsp3) is 0.542. The van der Waals surface area contributed by atoms with Gasteiger partial charge in [-0.15, -0.1) is 0 Å². The number of benzene rings is 1. The van der Waals surface area contributed by atoms with Gasteiger partial charge in [0.2, 0.25) is 6.29 Å². The number of epoxide rings is 1. The molecule has 196 valence electrons. The fourth-order valence-corrected chi connectivity index (χ4v) is 5.12. The number of aromatic hydroxyl groups is 1. The van der Waals surface area contributed by atoms with Crippen LogP contribution in [0.3, 0.4) is 0 Å². The van der Waals surface area contributed by atoms with Crippen LogP contribution in [0.2, 0.25) is 0 Å². The molecule has 0 amide bonds. The number of hydrogen-bond acceptors (Lipinski definition) is 12. The van der Waals surface area contributed by atoms with E-state index >= 15 is 0 Å². The minimum atomic E-state index is -1.70. The van der Waals surface area contributed by atoms with Gasteiger partial charge in [0, 0.05) is 6.08 Å². The molecule has 1 aromatic rings. The van der Waals surface area contributed by atoms with E-state index in [1.165, 1.54) is 30.5 Å². The summed E-state index contributed by atoms with van der Waals surface area (Å²) in [6.07, 6.45) is -5.78. The summed E-state index contributed by atoms with van der Waals surface area (Å²) in [6.45, 7) is 1.22. The zero-order valence-electron chi connectivity index (χ0n) is 19.2. The van der Waals surface area contributed by atoms with Gasteiger partial charge in [-0.05, 0) is 36.8 Å². The smallest absolute Gasteiger partial charge is 0.330 e. The van der Waals surface area contributed by atoms with Crippen LogP contribution in [0.15, 0.2) is 42.7 Å². The number of carbonyl (C=O) groups is 1. The number of fused-ring (bicyclic) bond motifs is 3. The third-order valence-electron chi connectivity index (χ3n) is 7.22. The summed E-state index contributed by atoms with van der Waals surface area (Å²) in [6, 6.07) is 6.10. The Morgan fingerprint density at radius 1 is 1.08 bits per heavy atom. The van der Waals surface area contributed by atoms with Gasteiger partial charge in [-0.2, -0.15) is 0 Å². The van der Waals surface area contributed by atoms with Crippen LogP contribution in [0, 0.1) is 5.92 Å². The first-order valence-corrected chi connectivity index (χ1v) is 11.4. The van der Waals surface area contributed by atoms with E-state index in [-0.39, 0.29) is 5.75 Å². The number of aliphatic hydroxyl groups excluding tert-OH is 4. The van der Waals surface area contributed by atoms with E-state index < -0.39 is 78.9 Å². The topological polar surface area (TPSA) is 188 Å². The summed E-state index contributed by atoms with van der Waals surface area (Å²) in [4.78, 5) is 12.1. The Kier molecular flexibility index (Phi) is 6.34. The molecule has 0 spiro atoms. The van der Waals surface area contributed by atoms with Crippen LogP contribution in [0.1, 0.15) is 12.5 Å². The van der Waals surface area contributed by atoms with Gasteiger partial charge in [-0.25, -0.2) is 4.79 Å². The summed E-state index contributed by atoms with van der Waals surface area (Å²) in [5.41, 5.74) is -2.00. The van der Waals surface area contributed by atoms with Crippen LogP contribution in [0.25, 0.3) is 6.08 Å². The lowest BCUT2D eigenvalue weighted by atomic mass is 9.82. The highest BCUT2D eigenvalue weighted by Crippen LogP contribution is 2.61. The first kappa shape index (κ1) is 25.1. The van der Waals surface area contributed by atoms with Gasteiger partial charge < -0.3 is 54.3 Å². The summed E-state index contributed by atoms with van der Waals surface area (Å²) in [5, 5.41) is 61.9. The molecule has 1 saturated carbocycles. The zero-order valence-corrected chi connectivity index (χ0v) is 19.2. The predicted octanol–water partition coefficient (Wildman–Crippen LogP) is -1.48. The number of esters is 1. The van der Waals surface area contributed by atoms with E-state index in [0.29, 0.717) is 5.56 Å². The zero-order chi connectivity index (χ0) is 25.8. The average Bonchev–Trinajstić information content (AvgIpc) is 3.49. The Labute approximate surface area is 205 Å². The number of ether oxygens (including phenoxy) is 5. The molecule has 0 bridgehead atoms. The molecule has 0 aromatic heterocycles. The van der Waals surface area contributed by atoms with Crippen molar-refractivity contribution in [1.82, 2.24) is 0 Å². The van der Waals surface area contributed by atoms with E-state index in [1.807, 2.05) is 0 Å². The highest BCUT2D eigenvalue weighted by atomic mass is 16.8. The van der Waals surface area contributed by atoms with Crippen molar-refractivity contribution in [3.05, 3.63) is 48.2 Å². The molecule has 12 nitrogen and oxygen atoms in total. The van der Waals surface area contributed by atoms with E-state index in [4.69, 9.17) is 23.7 Å². The molecule has 0 unspecified atom stereocenters. The van der Waals surface area contributed by atoms with Gasteiger partial charge in [-0.1, -0.05) is 12.1 Å². The summed E-state index contributed by atoms with van der Waals surface area (Å²) in [5.74, 6) is -1.55. The van der Waals surface area contributed by atoms with E-state index in [0.717, 1.165) is 6.08 Å². The Morgan fingerprint density at radius 2 is 1.81 bits per heavy atom. The van der Waals surface area contributed by atoms with Gasteiger partial charge in [0.05, 0.1) is 12.2 Å². The molecule has 4 aliphatic rings. The molecule has 2 saturated heterocycles. The molecule has 36 heavy (non-hydrogen) atoms. The lowest BCUT2D eigenvalue weighted by Gasteiger charge is -2.45. The van der Waals surface area contributed by atoms with Crippen molar-refractivity contribution >= 4 is 12.0 Å². The highest BCUT2D eigenvalue weighted by molar-refractivity contribution is 5.87. The van der Waals surface area contributed by atoms with Crippen molar-refractivity contribution in [3.63, 3.8) is 0 Å². The van der Waals surface area contributed by atoms with Gasteiger partial charge in [0.1, 0.15) is 60.2 Å². The molecule has 3 fully saturated rings. The van der Waals surface area contributed by atoms with E-state index in [2.05, 4.69) is 0 Å². The van der Waals surface area contributed by atoms with Crippen molar-refractivity contribution in [1.29, 1.82) is 0 Å². The second kappa shape index (κ2) is 9.08. The third-order valence-corrected chi connectivity index (χ3v) is 7.22. The SMILES string of the molecule is C[C@]12O[C@H]1[C@H](O)[C@@]1(O)C=CO[C@@H](O[C@@H]3O[C@H](COC(=O)/C=C/c4ccc(O)cc4)[C@@H](O)[C@@H](O)[C@@H]3O)[C@@H]12. The van der Waals surface area contributed by atoms with Gasteiger partial charge in [0.15, 0.2) is 6.29 Å². The van der Waals surface area contributed by atoms with E-state index in [1.54, 1.807) is 19.1 Å². The molecule has 12 heteroatoms. The number of carbonyl (C=O) groups excluding carboxylic acids is 1. The normalized spacial score (nSPS) is 45.1. The predicted molar refractivity (Wildman–Crippen MR) is 118 cm³/mol. The molecule has 1 aromatic carbocycles. The maximum atomic E-state index is 12.1. The van der Waals surface area contributed by atoms with E-state index in [9.17, 15) is 35.4 Å². The van der Waals surface area contributed by atoms with Gasteiger partial charge in [-0.3, -0.25) is 0 Å². The molecule has 11 atom stereocenters. The van der Waals surface area contributed by atoms with Gasteiger partial charge in [0.25, 0.3) is 0 Å². The lowest BCUT2D eigenvalue weighted by Crippen LogP contribution is -2.62. The molecule has 3 aliphatic heterocycles. The van der Waals surface area contributed by atoms with Crippen molar-refractivity contribution in [2.45, 2.75) is 67.3 Å². The van der Waals surface area contributed by atoms with Crippen molar-refractivity contribution in [2.75, 3.05) is 6.61 Å². The summed E-state index contributed by atoms with van der Waals surface area (Å²) in [7, 11) is 0. The van der Waals surface area contributed by atoms with Crippen LogP contribution in [0.5, 0.6) is 5.75 Å². The molecule has 0 radical (unpaired) electrons. The molecular formula is C24H28O12. The number of phenolic OH excluding ortho intramolecular Hbond substituents is 1. The number of rotatable bonds is 6. The van der Waals surface area contributed by atoms with Crippen LogP contribution in [0.4, 0.5) is 0 Å². The van der Waals surface area contributed by atoms with Crippen LogP contribution in [-0.4, -0.2) is 104 Å². The third kappa shape index (κ3) is 4.19. The Morgan fingerprint density at radius 3 is 2.53 bits per heavy atom. The molecule has 6 N–H and O–H groups in total. The Bertz CT molecular complexity index is 1040. The first-order valence-electron chi connectivity index (χ1n) is 11.4. The van der Waals surface area contributed by atoms with Crippen LogP contribution in [-0.2, 0) is 28.5 Å². The number of phenols is 1. The summed E-state index contributed by atoms with van der Waals surface area (Å²) >= 11 is 0. The second-order valence-corrected chi connectivity index (χ2v) is 9.55. The van der Waals surface area contributed by atoms with Crippen LogP contribution < -0.4 is 0 Å². The largest absolute Gasteiger partial charge is 0.508 e. The fourth-order valence-electron chi connectivity index (χ4n) is 5.12. The minimum absolute atomic E-state index is 0.0812. The number of hydrogen-bond donors (Lipinski definition) is 6. The molecule has 3 heterocycles. The maximum absolute atomic E-state index is 12.1. The van der Waals surface area contributed by atoms with Crippen LogP contribution >= 0.6 is 0 Å². The standard InChI is InChI=1S/C24H28O12/c1-23-18-22(32-9-8-24(18,31)19(30)20(23)36-23)35-21-17(29)16(28)15(27)13(34-21)10-33-14(26)7-4-11-2-5-12(25)6-3-11/h2-9,13,15-22,25,27-31H,10H2,1H3/b7-4+/t13-,15-,16-,17+,18-,19+,20+,21+,22+,23-,24-/m1/s1. The van der Waals surface area contributed by atoms with Crippen molar-refractivity contribution in [2.24, 2.45) is 5.92 Å².